The van der Waals surface area contributed by atoms with Crippen LogP contribution in [-0.4, -0.2) is 31.6 Å². The lowest BCUT2D eigenvalue weighted by atomic mass is 10.1. The average molecular weight is 354 g/mol. The van der Waals surface area contributed by atoms with Crippen molar-refractivity contribution >= 4 is 17.5 Å². The molecule has 0 saturated carbocycles. The Labute approximate surface area is 152 Å². The van der Waals surface area contributed by atoms with Gasteiger partial charge in [0, 0.05) is 36.7 Å². The van der Waals surface area contributed by atoms with Gasteiger partial charge in [0.25, 0.3) is 5.91 Å². The van der Waals surface area contributed by atoms with Crippen LogP contribution in [0.1, 0.15) is 28.8 Å². The van der Waals surface area contributed by atoms with Crippen molar-refractivity contribution in [1.82, 2.24) is 5.32 Å². The van der Waals surface area contributed by atoms with Gasteiger partial charge in [-0.05, 0) is 31.2 Å². The second-order valence-corrected chi connectivity index (χ2v) is 6.14. The van der Waals surface area contributed by atoms with Crippen LogP contribution in [0.3, 0.4) is 0 Å². The molecule has 6 heteroatoms. The topological polar surface area (TPSA) is 76.7 Å². The van der Waals surface area contributed by atoms with Crippen molar-refractivity contribution in [3.8, 4) is 11.5 Å². The van der Waals surface area contributed by atoms with Crippen molar-refractivity contribution in [2.75, 3.05) is 25.1 Å². The summed E-state index contributed by atoms with van der Waals surface area (Å²) in [4.78, 5) is 24.1. The molecule has 0 aromatic heterocycles. The van der Waals surface area contributed by atoms with Crippen LogP contribution < -0.4 is 20.1 Å². The van der Waals surface area contributed by atoms with Gasteiger partial charge in [0.15, 0.2) is 11.5 Å². The molecule has 0 spiro atoms. The molecule has 0 radical (unpaired) electrons. The molecule has 2 aromatic rings. The molecule has 0 saturated heterocycles. The molecule has 2 N–H and O–H groups in total. The summed E-state index contributed by atoms with van der Waals surface area (Å²) in [5.74, 6) is 0.958. The van der Waals surface area contributed by atoms with Gasteiger partial charge in [0.2, 0.25) is 5.91 Å². The zero-order valence-corrected chi connectivity index (χ0v) is 14.7. The third kappa shape index (κ3) is 4.75. The molecule has 0 bridgehead atoms. The van der Waals surface area contributed by atoms with Crippen molar-refractivity contribution in [3.63, 3.8) is 0 Å². The molecule has 1 aliphatic heterocycles. The number of carbonyl (C=O) groups is 2. The smallest absolute Gasteiger partial charge is 0.251 e. The Morgan fingerprint density at radius 3 is 2.65 bits per heavy atom. The SMILES string of the molecule is Cc1cccc(C(=O)NCCC(=O)Nc2ccc3c(c2)OCCCO3)c1. The minimum Gasteiger partial charge on any atom is -0.490 e. The second-order valence-electron chi connectivity index (χ2n) is 6.14. The first-order chi connectivity index (χ1) is 12.6. The van der Waals surface area contributed by atoms with Crippen LogP contribution in [0.25, 0.3) is 0 Å². The Bertz CT molecular complexity index is 804. The molecule has 136 valence electrons. The Morgan fingerprint density at radius 2 is 1.85 bits per heavy atom. The van der Waals surface area contributed by atoms with E-state index in [0.29, 0.717) is 36.0 Å². The van der Waals surface area contributed by atoms with Crippen molar-refractivity contribution in [2.45, 2.75) is 19.8 Å². The van der Waals surface area contributed by atoms with Crippen molar-refractivity contribution in [3.05, 3.63) is 53.6 Å². The first-order valence-corrected chi connectivity index (χ1v) is 8.66. The maximum absolute atomic E-state index is 12.1. The Kier molecular flexibility index (Phi) is 5.73. The van der Waals surface area contributed by atoms with Gasteiger partial charge >= 0.3 is 0 Å². The summed E-state index contributed by atoms with van der Waals surface area (Å²) >= 11 is 0. The van der Waals surface area contributed by atoms with E-state index in [1.54, 1.807) is 24.3 Å². The fourth-order valence-electron chi connectivity index (χ4n) is 2.64. The first kappa shape index (κ1) is 17.8. The molecular weight excluding hydrogens is 332 g/mol. The summed E-state index contributed by atoms with van der Waals surface area (Å²) in [5, 5.41) is 5.57. The quantitative estimate of drug-likeness (QED) is 0.866. The first-order valence-electron chi connectivity index (χ1n) is 8.66. The zero-order valence-electron chi connectivity index (χ0n) is 14.7. The van der Waals surface area contributed by atoms with Crippen LogP contribution in [-0.2, 0) is 4.79 Å². The lowest BCUT2D eigenvalue weighted by Crippen LogP contribution is -2.27. The number of benzene rings is 2. The van der Waals surface area contributed by atoms with E-state index in [4.69, 9.17) is 9.47 Å². The molecule has 1 aliphatic rings. The van der Waals surface area contributed by atoms with E-state index in [2.05, 4.69) is 10.6 Å². The van der Waals surface area contributed by atoms with Gasteiger partial charge in [-0.1, -0.05) is 17.7 Å². The maximum atomic E-state index is 12.1. The number of hydrogen-bond donors (Lipinski definition) is 2. The van der Waals surface area contributed by atoms with E-state index in [9.17, 15) is 9.59 Å². The van der Waals surface area contributed by atoms with Gasteiger partial charge < -0.3 is 20.1 Å². The lowest BCUT2D eigenvalue weighted by molar-refractivity contribution is -0.116. The van der Waals surface area contributed by atoms with E-state index >= 15 is 0 Å². The molecule has 0 fully saturated rings. The minimum absolute atomic E-state index is 0.177. The fourth-order valence-corrected chi connectivity index (χ4v) is 2.64. The predicted molar refractivity (Wildman–Crippen MR) is 98.8 cm³/mol. The van der Waals surface area contributed by atoms with E-state index in [1.807, 2.05) is 25.1 Å². The highest BCUT2D eigenvalue weighted by Crippen LogP contribution is 2.32. The van der Waals surface area contributed by atoms with E-state index in [-0.39, 0.29) is 24.8 Å². The number of carbonyl (C=O) groups excluding carboxylic acids is 2. The zero-order chi connectivity index (χ0) is 18.4. The van der Waals surface area contributed by atoms with Crippen LogP contribution in [0.5, 0.6) is 11.5 Å². The lowest BCUT2D eigenvalue weighted by Gasteiger charge is -2.11. The van der Waals surface area contributed by atoms with Crippen molar-refractivity contribution in [2.24, 2.45) is 0 Å². The number of nitrogens with one attached hydrogen (secondary N) is 2. The molecule has 2 aromatic carbocycles. The fraction of sp³-hybridized carbons (Fsp3) is 0.300. The van der Waals surface area contributed by atoms with E-state index < -0.39 is 0 Å². The molecule has 0 unspecified atom stereocenters. The number of fused-ring (bicyclic) bond motifs is 1. The van der Waals surface area contributed by atoms with Crippen LogP contribution in [0.15, 0.2) is 42.5 Å². The van der Waals surface area contributed by atoms with Gasteiger partial charge in [-0.25, -0.2) is 0 Å². The summed E-state index contributed by atoms with van der Waals surface area (Å²) in [5.41, 5.74) is 2.25. The van der Waals surface area contributed by atoms with Crippen LogP contribution in [0, 0.1) is 6.92 Å². The van der Waals surface area contributed by atoms with Crippen LogP contribution >= 0.6 is 0 Å². The van der Waals surface area contributed by atoms with Crippen molar-refractivity contribution in [1.29, 1.82) is 0 Å². The summed E-state index contributed by atoms with van der Waals surface area (Å²) in [7, 11) is 0. The molecule has 1 heterocycles. The third-order valence-electron chi connectivity index (χ3n) is 3.95. The Balaban J connectivity index is 1.48. The largest absolute Gasteiger partial charge is 0.490 e. The molecule has 0 atom stereocenters. The summed E-state index contributed by atoms with van der Waals surface area (Å²) < 4.78 is 11.2. The summed E-state index contributed by atoms with van der Waals surface area (Å²) in [6.07, 6.45) is 1.02. The molecular formula is C20H22N2O4. The van der Waals surface area contributed by atoms with Gasteiger partial charge in [-0.2, -0.15) is 0 Å². The molecule has 2 amide bonds. The van der Waals surface area contributed by atoms with E-state index in [0.717, 1.165) is 12.0 Å². The second kappa shape index (κ2) is 8.38. The minimum atomic E-state index is -0.183. The standard InChI is InChI=1S/C20H22N2O4/c1-14-4-2-5-15(12-14)20(24)21-9-8-19(23)22-16-6-7-17-18(13-16)26-11-3-10-25-17/h2,4-7,12-13H,3,8-11H2,1H3,(H,21,24)(H,22,23). The number of rotatable bonds is 5. The monoisotopic (exact) mass is 354 g/mol. The summed E-state index contributed by atoms with van der Waals surface area (Å²) in [6, 6.07) is 12.6. The maximum Gasteiger partial charge on any atom is 0.251 e. The average Bonchev–Trinajstić information content (AvgIpc) is 2.86. The number of ether oxygens (including phenoxy) is 2. The van der Waals surface area contributed by atoms with Gasteiger partial charge in [0.05, 0.1) is 13.2 Å². The molecule has 26 heavy (non-hydrogen) atoms. The Hall–Kier alpha value is -3.02. The highest BCUT2D eigenvalue weighted by molar-refractivity contribution is 5.95. The third-order valence-corrected chi connectivity index (χ3v) is 3.95. The predicted octanol–water partition coefficient (Wildman–Crippen LogP) is 2.91. The molecule has 0 aliphatic carbocycles. The van der Waals surface area contributed by atoms with Gasteiger partial charge in [-0.3, -0.25) is 9.59 Å². The number of anilines is 1. The summed E-state index contributed by atoms with van der Waals surface area (Å²) in [6.45, 7) is 3.41. The van der Waals surface area contributed by atoms with Gasteiger partial charge in [-0.15, -0.1) is 0 Å². The van der Waals surface area contributed by atoms with Gasteiger partial charge in [0.1, 0.15) is 0 Å². The number of hydrogen-bond acceptors (Lipinski definition) is 4. The number of amides is 2. The highest BCUT2D eigenvalue weighted by atomic mass is 16.5. The molecule has 3 rings (SSSR count). The normalized spacial score (nSPS) is 12.8. The van der Waals surface area contributed by atoms with Crippen molar-refractivity contribution < 1.29 is 19.1 Å². The molecule has 6 nitrogen and oxygen atoms in total. The highest BCUT2D eigenvalue weighted by Gasteiger charge is 2.12. The Morgan fingerprint density at radius 1 is 1.04 bits per heavy atom. The van der Waals surface area contributed by atoms with Crippen LogP contribution in [0.4, 0.5) is 5.69 Å². The van der Waals surface area contributed by atoms with E-state index in [1.165, 1.54) is 0 Å². The number of aryl methyl sites for hydroxylation is 1. The van der Waals surface area contributed by atoms with Crippen LogP contribution in [0.2, 0.25) is 0 Å².